The van der Waals surface area contributed by atoms with Gasteiger partial charge >= 0.3 is 0 Å². The summed E-state index contributed by atoms with van der Waals surface area (Å²) in [6.07, 6.45) is 0. The fourth-order valence-corrected chi connectivity index (χ4v) is 2.25. The van der Waals surface area contributed by atoms with Gasteiger partial charge in [0.2, 0.25) is 0 Å². The summed E-state index contributed by atoms with van der Waals surface area (Å²) >= 11 is 0. The first-order valence-corrected chi connectivity index (χ1v) is 6.87. The third kappa shape index (κ3) is 2.81. The van der Waals surface area contributed by atoms with E-state index in [2.05, 4.69) is 0 Å². The second-order valence-corrected chi connectivity index (χ2v) is 6.14. The predicted octanol–water partition coefficient (Wildman–Crippen LogP) is 0.827. The van der Waals surface area contributed by atoms with Gasteiger partial charge in [-0.1, -0.05) is 19.1 Å². The van der Waals surface area contributed by atoms with E-state index in [0.717, 1.165) is 5.56 Å². The van der Waals surface area contributed by atoms with Gasteiger partial charge in [0.15, 0.2) is 9.84 Å². The van der Waals surface area contributed by atoms with Crippen LogP contribution in [-0.4, -0.2) is 20.2 Å². The van der Waals surface area contributed by atoms with E-state index in [1.54, 1.807) is 31.2 Å². The molecule has 5 heteroatoms. The molecule has 2 atom stereocenters. The summed E-state index contributed by atoms with van der Waals surface area (Å²) in [4.78, 5) is 0.329. The second kappa shape index (κ2) is 4.95. The van der Waals surface area contributed by atoms with Crippen LogP contribution in [0, 0.1) is 0 Å². The Bertz CT molecular complexity index is 438. The van der Waals surface area contributed by atoms with E-state index in [0.29, 0.717) is 4.90 Å². The Balaban J connectivity index is 3.01. The number of sulfone groups is 1. The van der Waals surface area contributed by atoms with Gasteiger partial charge in [-0.05, 0) is 24.6 Å². The Kier molecular flexibility index (Phi) is 4.07. The van der Waals surface area contributed by atoms with Crippen LogP contribution in [0.1, 0.15) is 25.5 Å². The standard InChI is InChI=1S/C11H18N2O2S/c1-3-16(14,15)10-6-4-9(5-7-10)11(13)8(2)12/h4-8,11H,3,12-13H2,1-2H3. The molecular formula is C11H18N2O2S. The second-order valence-electron chi connectivity index (χ2n) is 3.86. The molecule has 90 valence electrons. The molecule has 0 aliphatic rings. The zero-order valence-electron chi connectivity index (χ0n) is 9.55. The fraction of sp³-hybridized carbons (Fsp3) is 0.455. The number of hydrogen-bond acceptors (Lipinski definition) is 4. The minimum atomic E-state index is -3.13. The summed E-state index contributed by atoms with van der Waals surface area (Å²) in [6.45, 7) is 3.44. The summed E-state index contributed by atoms with van der Waals surface area (Å²) < 4.78 is 23.1. The van der Waals surface area contributed by atoms with E-state index >= 15 is 0 Å². The smallest absolute Gasteiger partial charge is 0.178 e. The quantitative estimate of drug-likeness (QED) is 0.818. The lowest BCUT2D eigenvalue weighted by molar-refractivity contribution is 0.587. The molecule has 1 aromatic rings. The highest BCUT2D eigenvalue weighted by Crippen LogP contribution is 2.17. The van der Waals surface area contributed by atoms with E-state index in [1.807, 2.05) is 6.92 Å². The first kappa shape index (κ1) is 13.2. The average molecular weight is 242 g/mol. The maximum Gasteiger partial charge on any atom is 0.178 e. The number of benzene rings is 1. The summed E-state index contributed by atoms with van der Waals surface area (Å²) in [7, 11) is -3.13. The summed E-state index contributed by atoms with van der Waals surface area (Å²) in [5.74, 6) is 0.103. The van der Waals surface area contributed by atoms with Crippen molar-refractivity contribution < 1.29 is 8.42 Å². The molecule has 2 unspecified atom stereocenters. The third-order valence-corrected chi connectivity index (χ3v) is 4.32. The number of rotatable bonds is 4. The molecule has 0 fully saturated rings. The van der Waals surface area contributed by atoms with Gasteiger partial charge in [-0.25, -0.2) is 8.42 Å². The Hall–Kier alpha value is -0.910. The molecule has 4 N–H and O–H groups in total. The summed E-state index contributed by atoms with van der Waals surface area (Å²) in [5.41, 5.74) is 12.4. The lowest BCUT2D eigenvalue weighted by atomic mass is 10.0. The van der Waals surface area contributed by atoms with Gasteiger partial charge in [-0.2, -0.15) is 0 Å². The lowest BCUT2D eigenvalue weighted by Crippen LogP contribution is -2.31. The normalized spacial score (nSPS) is 15.8. The average Bonchev–Trinajstić information content (AvgIpc) is 2.28. The van der Waals surface area contributed by atoms with Crippen LogP contribution in [0.2, 0.25) is 0 Å². The molecule has 0 radical (unpaired) electrons. The zero-order valence-corrected chi connectivity index (χ0v) is 10.4. The Morgan fingerprint density at radius 3 is 2.06 bits per heavy atom. The Morgan fingerprint density at radius 2 is 1.69 bits per heavy atom. The molecule has 0 saturated carbocycles. The number of hydrogen-bond donors (Lipinski definition) is 2. The molecule has 0 aliphatic heterocycles. The molecule has 0 spiro atoms. The van der Waals surface area contributed by atoms with Crippen molar-refractivity contribution >= 4 is 9.84 Å². The van der Waals surface area contributed by atoms with Gasteiger partial charge in [-0.15, -0.1) is 0 Å². The van der Waals surface area contributed by atoms with Crippen molar-refractivity contribution in [2.24, 2.45) is 11.5 Å². The maximum atomic E-state index is 11.6. The van der Waals surface area contributed by atoms with E-state index in [4.69, 9.17) is 11.5 Å². The van der Waals surface area contributed by atoms with Crippen molar-refractivity contribution in [1.29, 1.82) is 0 Å². The number of nitrogens with two attached hydrogens (primary N) is 2. The zero-order chi connectivity index (χ0) is 12.3. The van der Waals surface area contributed by atoms with Gasteiger partial charge in [0.25, 0.3) is 0 Å². The lowest BCUT2D eigenvalue weighted by Gasteiger charge is -2.16. The largest absolute Gasteiger partial charge is 0.326 e. The molecule has 0 amide bonds. The van der Waals surface area contributed by atoms with Crippen molar-refractivity contribution in [3.63, 3.8) is 0 Å². The van der Waals surface area contributed by atoms with E-state index in [-0.39, 0.29) is 17.8 Å². The summed E-state index contributed by atoms with van der Waals surface area (Å²) in [6, 6.07) is 6.17. The fourth-order valence-electron chi connectivity index (χ4n) is 1.37. The highest BCUT2D eigenvalue weighted by Gasteiger charge is 2.14. The van der Waals surface area contributed by atoms with Crippen molar-refractivity contribution in [2.45, 2.75) is 30.8 Å². The van der Waals surface area contributed by atoms with E-state index < -0.39 is 9.84 Å². The van der Waals surface area contributed by atoms with Crippen molar-refractivity contribution in [1.82, 2.24) is 0 Å². The molecule has 16 heavy (non-hydrogen) atoms. The maximum absolute atomic E-state index is 11.6. The SMILES string of the molecule is CCS(=O)(=O)c1ccc(C(N)C(C)N)cc1. The summed E-state index contributed by atoms with van der Waals surface area (Å²) in [5, 5.41) is 0. The first-order valence-electron chi connectivity index (χ1n) is 5.22. The minimum Gasteiger partial charge on any atom is -0.326 e. The minimum absolute atomic E-state index is 0.103. The van der Waals surface area contributed by atoms with Crippen LogP contribution < -0.4 is 11.5 Å². The molecule has 0 aromatic heterocycles. The van der Waals surface area contributed by atoms with Crippen molar-refractivity contribution in [2.75, 3.05) is 5.75 Å². The molecular weight excluding hydrogens is 224 g/mol. The van der Waals surface area contributed by atoms with E-state index in [1.165, 1.54) is 0 Å². The molecule has 1 aromatic carbocycles. The third-order valence-electron chi connectivity index (χ3n) is 2.57. The predicted molar refractivity (Wildman–Crippen MR) is 64.7 cm³/mol. The monoisotopic (exact) mass is 242 g/mol. The molecule has 4 nitrogen and oxygen atoms in total. The van der Waals surface area contributed by atoms with Gasteiger partial charge < -0.3 is 11.5 Å². The van der Waals surface area contributed by atoms with Gasteiger partial charge in [0.1, 0.15) is 0 Å². The van der Waals surface area contributed by atoms with Crippen LogP contribution in [0.25, 0.3) is 0 Å². The van der Waals surface area contributed by atoms with Crippen LogP contribution in [-0.2, 0) is 9.84 Å². The molecule has 0 aliphatic carbocycles. The van der Waals surface area contributed by atoms with Crippen LogP contribution in [0.15, 0.2) is 29.2 Å². The van der Waals surface area contributed by atoms with Gasteiger partial charge in [0, 0.05) is 12.1 Å². The van der Waals surface area contributed by atoms with Crippen LogP contribution in [0.5, 0.6) is 0 Å². The van der Waals surface area contributed by atoms with Crippen molar-refractivity contribution in [3.05, 3.63) is 29.8 Å². The molecule has 0 saturated heterocycles. The molecule has 0 bridgehead atoms. The van der Waals surface area contributed by atoms with E-state index in [9.17, 15) is 8.42 Å². The van der Waals surface area contributed by atoms with Crippen LogP contribution >= 0.6 is 0 Å². The first-order chi connectivity index (χ1) is 7.38. The van der Waals surface area contributed by atoms with Gasteiger partial charge in [-0.3, -0.25) is 0 Å². The van der Waals surface area contributed by atoms with Crippen LogP contribution in [0.4, 0.5) is 0 Å². The van der Waals surface area contributed by atoms with Crippen LogP contribution in [0.3, 0.4) is 0 Å². The van der Waals surface area contributed by atoms with Crippen molar-refractivity contribution in [3.8, 4) is 0 Å². The van der Waals surface area contributed by atoms with Gasteiger partial charge in [0.05, 0.1) is 10.6 Å². The Morgan fingerprint density at radius 1 is 1.19 bits per heavy atom. The topological polar surface area (TPSA) is 86.2 Å². The highest BCUT2D eigenvalue weighted by atomic mass is 32.2. The molecule has 1 rings (SSSR count). The Labute approximate surface area is 96.6 Å². The highest BCUT2D eigenvalue weighted by molar-refractivity contribution is 7.91. The molecule has 0 heterocycles.